The molecule has 2 N–H and O–H groups in total. The number of rotatable bonds is 6. The molecule has 124 valence electrons. The van der Waals surface area contributed by atoms with Gasteiger partial charge in [-0.1, -0.05) is 26.0 Å². The first kappa shape index (κ1) is 17.0. The molecule has 0 bridgehead atoms. The van der Waals surface area contributed by atoms with E-state index >= 15 is 0 Å². The molecule has 1 fully saturated rings. The highest BCUT2D eigenvalue weighted by molar-refractivity contribution is 5.96. The predicted octanol–water partition coefficient (Wildman–Crippen LogP) is 1.65. The molecule has 1 saturated heterocycles. The largest absolute Gasteiger partial charge is 0.480 e. The van der Waals surface area contributed by atoms with Crippen LogP contribution in [-0.4, -0.2) is 40.4 Å². The molecule has 1 aliphatic heterocycles. The summed E-state index contributed by atoms with van der Waals surface area (Å²) >= 11 is 0. The van der Waals surface area contributed by atoms with Gasteiger partial charge in [0, 0.05) is 25.1 Å². The maximum absolute atomic E-state index is 12.1. The minimum absolute atomic E-state index is 0.160. The van der Waals surface area contributed by atoms with E-state index in [2.05, 4.69) is 5.32 Å². The molecule has 0 spiro atoms. The van der Waals surface area contributed by atoms with Crippen molar-refractivity contribution in [1.29, 1.82) is 0 Å². The van der Waals surface area contributed by atoms with Crippen LogP contribution in [0.4, 0.5) is 0 Å². The van der Waals surface area contributed by atoms with Crippen molar-refractivity contribution in [3.8, 4) is 0 Å². The molecule has 2 rings (SSSR count). The topological polar surface area (TPSA) is 86.7 Å². The van der Waals surface area contributed by atoms with Crippen LogP contribution in [0.5, 0.6) is 0 Å². The van der Waals surface area contributed by atoms with Crippen molar-refractivity contribution in [3.63, 3.8) is 0 Å². The molecule has 1 aromatic carbocycles. The van der Waals surface area contributed by atoms with Crippen molar-refractivity contribution >= 4 is 17.8 Å². The van der Waals surface area contributed by atoms with E-state index in [1.807, 2.05) is 0 Å². The number of carbonyl (C=O) groups excluding carboxylic acids is 2. The van der Waals surface area contributed by atoms with E-state index in [1.165, 1.54) is 0 Å². The Labute approximate surface area is 135 Å². The van der Waals surface area contributed by atoms with Crippen LogP contribution in [0, 0.1) is 5.92 Å². The second-order valence-corrected chi connectivity index (χ2v) is 6.15. The third kappa shape index (κ3) is 4.31. The molecule has 23 heavy (non-hydrogen) atoms. The molecule has 6 nitrogen and oxygen atoms in total. The van der Waals surface area contributed by atoms with Crippen LogP contribution in [0.25, 0.3) is 0 Å². The van der Waals surface area contributed by atoms with Gasteiger partial charge < -0.3 is 15.3 Å². The first-order chi connectivity index (χ1) is 10.9. The summed E-state index contributed by atoms with van der Waals surface area (Å²) in [5.74, 6) is -1.49. The van der Waals surface area contributed by atoms with E-state index in [0.717, 1.165) is 18.5 Å². The number of hydrogen-bond acceptors (Lipinski definition) is 3. The van der Waals surface area contributed by atoms with E-state index in [9.17, 15) is 14.4 Å². The van der Waals surface area contributed by atoms with Gasteiger partial charge >= 0.3 is 5.97 Å². The van der Waals surface area contributed by atoms with E-state index in [1.54, 1.807) is 43.0 Å². The number of nitrogens with zero attached hydrogens (tertiary/aromatic N) is 1. The van der Waals surface area contributed by atoms with Gasteiger partial charge in [-0.2, -0.15) is 0 Å². The fraction of sp³-hybridized carbons (Fsp3) is 0.471. The van der Waals surface area contributed by atoms with Crippen molar-refractivity contribution < 1.29 is 19.5 Å². The summed E-state index contributed by atoms with van der Waals surface area (Å²) in [5, 5.41) is 11.6. The van der Waals surface area contributed by atoms with E-state index < -0.39 is 17.9 Å². The number of amides is 2. The zero-order chi connectivity index (χ0) is 17.0. The van der Waals surface area contributed by atoms with Crippen LogP contribution in [0.1, 0.15) is 42.6 Å². The second-order valence-electron chi connectivity index (χ2n) is 6.15. The van der Waals surface area contributed by atoms with Crippen molar-refractivity contribution in [2.45, 2.75) is 39.3 Å². The molecule has 0 radical (unpaired) electrons. The maximum Gasteiger partial charge on any atom is 0.326 e. The van der Waals surface area contributed by atoms with Crippen LogP contribution in [0.15, 0.2) is 24.3 Å². The number of carboxylic acid groups (broad SMARTS) is 1. The normalized spacial score (nSPS) is 15.8. The fourth-order valence-corrected chi connectivity index (χ4v) is 2.59. The van der Waals surface area contributed by atoms with Crippen LogP contribution in [-0.2, 0) is 16.1 Å². The van der Waals surface area contributed by atoms with Gasteiger partial charge in [-0.25, -0.2) is 4.79 Å². The summed E-state index contributed by atoms with van der Waals surface area (Å²) in [7, 11) is 0. The van der Waals surface area contributed by atoms with Gasteiger partial charge in [0.15, 0.2) is 0 Å². The molecule has 2 amide bonds. The van der Waals surface area contributed by atoms with Gasteiger partial charge in [-0.15, -0.1) is 0 Å². The Hall–Kier alpha value is -2.37. The molecule has 1 atom stereocenters. The number of aliphatic carboxylic acids is 1. The van der Waals surface area contributed by atoms with Gasteiger partial charge in [0.1, 0.15) is 6.04 Å². The first-order valence-corrected chi connectivity index (χ1v) is 7.79. The van der Waals surface area contributed by atoms with Crippen LogP contribution < -0.4 is 5.32 Å². The average Bonchev–Trinajstić information content (AvgIpc) is 2.90. The maximum atomic E-state index is 12.1. The van der Waals surface area contributed by atoms with Gasteiger partial charge in [0.05, 0.1) is 0 Å². The Kier molecular flexibility index (Phi) is 5.36. The molecule has 0 unspecified atom stereocenters. The highest BCUT2D eigenvalue weighted by atomic mass is 16.4. The van der Waals surface area contributed by atoms with Gasteiger partial charge in [0.25, 0.3) is 5.91 Å². The van der Waals surface area contributed by atoms with Gasteiger partial charge in [-0.05, 0) is 30.0 Å². The minimum atomic E-state index is -1.04. The van der Waals surface area contributed by atoms with Gasteiger partial charge in [0.2, 0.25) is 5.91 Å². The molecule has 1 aliphatic rings. The molecular weight excluding hydrogens is 296 g/mol. The third-order valence-electron chi connectivity index (χ3n) is 3.98. The Balaban J connectivity index is 1.99. The monoisotopic (exact) mass is 318 g/mol. The zero-order valence-electron chi connectivity index (χ0n) is 13.4. The predicted molar refractivity (Wildman–Crippen MR) is 84.8 cm³/mol. The lowest BCUT2D eigenvalue weighted by atomic mass is 10.0. The summed E-state index contributed by atoms with van der Waals surface area (Å²) < 4.78 is 0. The Morgan fingerprint density at radius 1 is 1.26 bits per heavy atom. The lowest BCUT2D eigenvalue weighted by Gasteiger charge is -2.18. The average molecular weight is 318 g/mol. The summed E-state index contributed by atoms with van der Waals surface area (Å²) in [4.78, 5) is 36.7. The molecular formula is C17H22N2O4. The van der Waals surface area contributed by atoms with Crippen LogP contribution in [0.3, 0.4) is 0 Å². The summed E-state index contributed by atoms with van der Waals surface area (Å²) in [6.07, 6.45) is 1.50. The number of benzene rings is 1. The molecule has 0 saturated carbocycles. The van der Waals surface area contributed by atoms with Crippen molar-refractivity contribution in [2.75, 3.05) is 6.54 Å². The summed E-state index contributed by atoms with van der Waals surface area (Å²) in [6.45, 7) is 4.81. The molecule has 6 heteroatoms. The Morgan fingerprint density at radius 2 is 1.91 bits per heavy atom. The third-order valence-corrected chi connectivity index (χ3v) is 3.98. The molecule has 0 aromatic heterocycles. The van der Waals surface area contributed by atoms with Crippen molar-refractivity contribution in [3.05, 3.63) is 35.4 Å². The van der Waals surface area contributed by atoms with Gasteiger partial charge in [-0.3, -0.25) is 9.59 Å². The van der Waals surface area contributed by atoms with E-state index in [0.29, 0.717) is 18.5 Å². The fourth-order valence-electron chi connectivity index (χ4n) is 2.59. The van der Waals surface area contributed by atoms with Crippen LogP contribution in [0.2, 0.25) is 0 Å². The number of nitrogens with one attached hydrogen (secondary N) is 1. The summed E-state index contributed by atoms with van der Waals surface area (Å²) in [6, 6.07) is 6.00. The quantitative estimate of drug-likeness (QED) is 0.835. The highest BCUT2D eigenvalue weighted by Gasteiger charge is 2.24. The number of hydrogen-bond donors (Lipinski definition) is 2. The number of likely N-dealkylation sites (tertiary alicyclic amines) is 1. The summed E-state index contributed by atoms with van der Waals surface area (Å²) in [5.41, 5.74) is 1.36. The lowest BCUT2D eigenvalue weighted by molar-refractivity contribution is -0.140. The smallest absolute Gasteiger partial charge is 0.326 e. The van der Waals surface area contributed by atoms with Crippen molar-refractivity contribution in [2.24, 2.45) is 5.92 Å². The Bertz CT molecular complexity index is 595. The molecule has 1 aromatic rings. The number of carboxylic acids is 1. The van der Waals surface area contributed by atoms with Crippen molar-refractivity contribution in [1.82, 2.24) is 10.2 Å². The van der Waals surface area contributed by atoms with Crippen LogP contribution >= 0.6 is 0 Å². The van der Waals surface area contributed by atoms with E-state index in [4.69, 9.17) is 5.11 Å². The second kappa shape index (κ2) is 7.26. The minimum Gasteiger partial charge on any atom is -0.480 e. The zero-order valence-corrected chi connectivity index (χ0v) is 13.4. The SMILES string of the molecule is CC(C)[C@H](NC(=O)c1ccc(CN2CCCC2=O)cc1)C(=O)O. The highest BCUT2D eigenvalue weighted by Crippen LogP contribution is 2.15. The molecule has 1 heterocycles. The molecule has 0 aliphatic carbocycles. The number of carbonyl (C=O) groups is 3. The van der Waals surface area contributed by atoms with E-state index in [-0.39, 0.29) is 11.8 Å². The Morgan fingerprint density at radius 3 is 2.39 bits per heavy atom. The first-order valence-electron chi connectivity index (χ1n) is 7.79. The lowest BCUT2D eigenvalue weighted by Crippen LogP contribution is -2.44. The standard InChI is InChI=1S/C17H22N2O4/c1-11(2)15(17(22)23)18-16(21)13-7-5-12(6-8-13)10-19-9-3-4-14(19)20/h5-8,11,15H,3-4,9-10H2,1-2H3,(H,18,21)(H,22,23)/t15-/m0/s1.